The fourth-order valence-corrected chi connectivity index (χ4v) is 5.01. The van der Waals surface area contributed by atoms with E-state index in [1.54, 1.807) is 0 Å². The van der Waals surface area contributed by atoms with Gasteiger partial charge in [0.05, 0.1) is 6.61 Å². The van der Waals surface area contributed by atoms with E-state index in [9.17, 15) is 9.59 Å². The standard InChI is InChI=1S/C35H35NO4/c37-34(38)17-5-2-10-24-40-33-16-9-6-13-29(33)25-36(30-22-23-30)35(39)28-20-18-27(19-21-28)32-15-8-7-14-31(32)26-11-3-1-4-12-26/h1,3-4,6-9,11-16,18-21,30H,2,5,10,17,22-25H2,(H,37,38). The molecular formula is C35H35NO4. The van der Waals surface area contributed by atoms with Crippen molar-refractivity contribution in [2.75, 3.05) is 6.61 Å². The van der Waals surface area contributed by atoms with E-state index in [4.69, 9.17) is 9.84 Å². The summed E-state index contributed by atoms with van der Waals surface area (Å²) >= 11 is 0. The van der Waals surface area contributed by atoms with Crippen LogP contribution in [0.1, 0.15) is 54.4 Å². The van der Waals surface area contributed by atoms with Crippen molar-refractivity contribution in [1.29, 1.82) is 0 Å². The van der Waals surface area contributed by atoms with Crippen LogP contribution in [0.5, 0.6) is 5.75 Å². The van der Waals surface area contributed by atoms with Gasteiger partial charge in [-0.05, 0) is 72.6 Å². The zero-order valence-corrected chi connectivity index (χ0v) is 22.7. The third-order valence-electron chi connectivity index (χ3n) is 7.31. The number of hydrogen-bond acceptors (Lipinski definition) is 3. The van der Waals surface area contributed by atoms with Gasteiger partial charge in [0.25, 0.3) is 5.91 Å². The van der Waals surface area contributed by atoms with Gasteiger partial charge in [-0.15, -0.1) is 0 Å². The maximum atomic E-state index is 13.7. The average Bonchev–Trinajstić information content (AvgIpc) is 3.84. The van der Waals surface area contributed by atoms with Crippen LogP contribution in [0.25, 0.3) is 22.3 Å². The molecule has 1 aliphatic rings. The topological polar surface area (TPSA) is 66.8 Å². The molecule has 0 aliphatic heterocycles. The molecule has 5 heteroatoms. The molecule has 1 fully saturated rings. The predicted octanol–water partition coefficient (Wildman–Crippen LogP) is 7.85. The molecule has 0 atom stereocenters. The second kappa shape index (κ2) is 13.1. The molecule has 1 amide bonds. The van der Waals surface area contributed by atoms with Gasteiger partial charge in [-0.25, -0.2) is 0 Å². The van der Waals surface area contributed by atoms with Crippen molar-refractivity contribution in [1.82, 2.24) is 4.90 Å². The summed E-state index contributed by atoms with van der Waals surface area (Å²) in [6, 6.07) is 34.8. The molecule has 1 saturated carbocycles. The number of hydrogen-bond donors (Lipinski definition) is 1. The number of aliphatic carboxylic acids is 1. The molecule has 0 radical (unpaired) electrons. The van der Waals surface area contributed by atoms with Gasteiger partial charge in [-0.3, -0.25) is 9.59 Å². The van der Waals surface area contributed by atoms with Gasteiger partial charge in [0.1, 0.15) is 5.75 Å². The third kappa shape index (κ3) is 6.97. The van der Waals surface area contributed by atoms with Gasteiger partial charge in [-0.2, -0.15) is 0 Å². The van der Waals surface area contributed by atoms with Crippen molar-refractivity contribution in [2.45, 2.75) is 51.1 Å². The molecule has 4 aromatic carbocycles. The lowest BCUT2D eigenvalue weighted by atomic mass is 9.94. The van der Waals surface area contributed by atoms with Crippen LogP contribution in [0.4, 0.5) is 0 Å². The number of benzene rings is 4. The minimum absolute atomic E-state index is 0.0360. The molecule has 0 unspecified atom stereocenters. The van der Waals surface area contributed by atoms with Gasteiger partial charge >= 0.3 is 5.97 Å². The number of ether oxygens (including phenoxy) is 1. The number of nitrogens with zero attached hydrogens (tertiary/aromatic N) is 1. The van der Waals surface area contributed by atoms with Crippen LogP contribution in [-0.2, 0) is 11.3 Å². The van der Waals surface area contributed by atoms with Crippen LogP contribution in [0.3, 0.4) is 0 Å². The Labute approximate surface area is 236 Å². The highest BCUT2D eigenvalue weighted by atomic mass is 16.5. The van der Waals surface area contributed by atoms with E-state index in [1.165, 1.54) is 11.1 Å². The summed E-state index contributed by atoms with van der Waals surface area (Å²) in [5, 5.41) is 8.80. The number of carbonyl (C=O) groups excluding carboxylic acids is 1. The minimum atomic E-state index is -0.761. The van der Waals surface area contributed by atoms with E-state index in [-0.39, 0.29) is 18.4 Å². The normalized spacial score (nSPS) is 12.6. The van der Waals surface area contributed by atoms with Crippen LogP contribution in [-0.4, -0.2) is 34.5 Å². The lowest BCUT2D eigenvalue weighted by molar-refractivity contribution is -0.137. The van der Waals surface area contributed by atoms with Crippen molar-refractivity contribution in [3.63, 3.8) is 0 Å². The quantitative estimate of drug-likeness (QED) is 0.178. The van der Waals surface area contributed by atoms with E-state index >= 15 is 0 Å². The Kier molecular flexibility index (Phi) is 8.92. The van der Waals surface area contributed by atoms with Crippen LogP contribution < -0.4 is 4.74 Å². The van der Waals surface area contributed by atoms with E-state index in [1.807, 2.05) is 77.7 Å². The van der Waals surface area contributed by atoms with Gasteiger partial charge in [0, 0.05) is 30.1 Å². The maximum Gasteiger partial charge on any atom is 0.303 e. The Morgan fingerprint density at radius 3 is 2.02 bits per heavy atom. The minimum Gasteiger partial charge on any atom is -0.493 e. The molecule has 0 heterocycles. The first-order valence-corrected chi connectivity index (χ1v) is 14.1. The molecule has 0 aromatic heterocycles. The number of amides is 1. The van der Waals surface area contributed by atoms with Crippen LogP contribution >= 0.6 is 0 Å². The Bertz CT molecular complexity index is 1430. The number of unbranched alkanes of at least 4 members (excludes halogenated alkanes) is 2. The lowest BCUT2D eigenvalue weighted by Gasteiger charge is -2.24. The van der Waals surface area contributed by atoms with E-state index in [0.29, 0.717) is 25.1 Å². The third-order valence-corrected chi connectivity index (χ3v) is 7.31. The van der Waals surface area contributed by atoms with Crippen molar-refractivity contribution < 1.29 is 19.4 Å². The number of carbonyl (C=O) groups is 2. The van der Waals surface area contributed by atoms with Crippen LogP contribution in [0.15, 0.2) is 103 Å². The summed E-state index contributed by atoms with van der Waals surface area (Å²) in [5.41, 5.74) is 6.22. The molecule has 40 heavy (non-hydrogen) atoms. The number of para-hydroxylation sites is 1. The fraction of sp³-hybridized carbons (Fsp3) is 0.257. The SMILES string of the molecule is O=C(O)CCCCCOc1ccccc1CN(C(=O)c1ccc(-c2ccccc2-c2ccccc2)cc1)C1CC1. The van der Waals surface area contributed by atoms with Gasteiger partial charge in [0.15, 0.2) is 0 Å². The molecule has 204 valence electrons. The van der Waals surface area contributed by atoms with Crippen LogP contribution in [0.2, 0.25) is 0 Å². The van der Waals surface area contributed by atoms with Gasteiger partial charge in [0.2, 0.25) is 0 Å². The Morgan fingerprint density at radius 2 is 1.35 bits per heavy atom. The second-order valence-corrected chi connectivity index (χ2v) is 10.3. The van der Waals surface area contributed by atoms with E-state index < -0.39 is 5.97 Å². The smallest absolute Gasteiger partial charge is 0.303 e. The predicted molar refractivity (Wildman–Crippen MR) is 158 cm³/mol. The van der Waals surface area contributed by atoms with E-state index in [2.05, 4.69) is 30.3 Å². The molecule has 0 spiro atoms. The summed E-state index contributed by atoms with van der Waals surface area (Å²) in [4.78, 5) is 26.4. The lowest BCUT2D eigenvalue weighted by Crippen LogP contribution is -2.32. The highest BCUT2D eigenvalue weighted by molar-refractivity contribution is 5.95. The Morgan fingerprint density at radius 1 is 0.725 bits per heavy atom. The number of carboxylic acids is 1. The molecular weight excluding hydrogens is 498 g/mol. The Hall–Kier alpha value is -4.38. The summed E-state index contributed by atoms with van der Waals surface area (Å²) in [5.74, 6) is 0.0589. The first-order valence-electron chi connectivity index (χ1n) is 14.1. The van der Waals surface area contributed by atoms with Gasteiger partial charge in [-0.1, -0.05) is 84.9 Å². The molecule has 0 saturated heterocycles. The highest BCUT2D eigenvalue weighted by Crippen LogP contribution is 2.34. The monoisotopic (exact) mass is 533 g/mol. The molecule has 4 aromatic rings. The summed E-state index contributed by atoms with van der Waals surface area (Å²) in [6.45, 7) is 1.03. The molecule has 1 N–H and O–H groups in total. The maximum absolute atomic E-state index is 13.7. The fourth-order valence-electron chi connectivity index (χ4n) is 5.01. The highest BCUT2D eigenvalue weighted by Gasteiger charge is 2.33. The largest absolute Gasteiger partial charge is 0.493 e. The Balaban J connectivity index is 1.28. The summed E-state index contributed by atoms with van der Waals surface area (Å²) in [7, 11) is 0. The molecule has 0 bridgehead atoms. The average molecular weight is 534 g/mol. The second-order valence-electron chi connectivity index (χ2n) is 10.3. The summed E-state index contributed by atoms with van der Waals surface area (Å²) in [6.07, 6.45) is 4.48. The zero-order valence-electron chi connectivity index (χ0n) is 22.7. The van der Waals surface area contributed by atoms with Crippen LogP contribution in [0, 0.1) is 0 Å². The van der Waals surface area contributed by atoms with Crippen molar-refractivity contribution in [2.24, 2.45) is 0 Å². The number of rotatable bonds is 13. The number of carboxylic acid groups (broad SMARTS) is 1. The van der Waals surface area contributed by atoms with E-state index in [0.717, 1.165) is 48.1 Å². The van der Waals surface area contributed by atoms with Crippen molar-refractivity contribution >= 4 is 11.9 Å². The first kappa shape index (κ1) is 27.2. The molecule has 5 nitrogen and oxygen atoms in total. The summed E-state index contributed by atoms with van der Waals surface area (Å²) < 4.78 is 6.06. The van der Waals surface area contributed by atoms with Crippen molar-refractivity contribution in [3.05, 3.63) is 114 Å². The van der Waals surface area contributed by atoms with Gasteiger partial charge < -0.3 is 14.7 Å². The first-order chi connectivity index (χ1) is 19.6. The molecule has 1 aliphatic carbocycles. The zero-order chi connectivity index (χ0) is 27.7. The molecule has 5 rings (SSSR count). The van der Waals surface area contributed by atoms with Crippen molar-refractivity contribution in [3.8, 4) is 28.0 Å².